The topological polar surface area (TPSA) is 96.8 Å². The van der Waals surface area contributed by atoms with Crippen molar-refractivity contribution in [3.05, 3.63) is 82.6 Å². The molecule has 0 saturated heterocycles. The summed E-state index contributed by atoms with van der Waals surface area (Å²) in [7, 11) is 1.56. The summed E-state index contributed by atoms with van der Waals surface area (Å²) in [5, 5.41) is 0.817. The Balaban J connectivity index is 1.62. The molecule has 0 saturated carbocycles. The van der Waals surface area contributed by atoms with E-state index < -0.39 is 5.82 Å². The van der Waals surface area contributed by atoms with Gasteiger partial charge in [-0.15, -0.1) is 0 Å². The summed E-state index contributed by atoms with van der Waals surface area (Å²) in [5.41, 5.74) is 11.0. The molecule has 0 aliphatic heterocycles. The van der Waals surface area contributed by atoms with E-state index in [-0.39, 0.29) is 37.3 Å². The van der Waals surface area contributed by atoms with Gasteiger partial charge in [-0.25, -0.2) is 4.39 Å². The molecule has 2 heterocycles. The number of benzene rings is 2. The highest BCUT2D eigenvalue weighted by Gasteiger charge is 2.18. The van der Waals surface area contributed by atoms with Crippen molar-refractivity contribution in [1.82, 2.24) is 4.98 Å². The highest BCUT2D eigenvalue weighted by Crippen LogP contribution is 2.34. The normalized spacial score (nSPS) is 12.1. The van der Waals surface area contributed by atoms with Crippen LogP contribution in [-0.2, 0) is 33.8 Å². The summed E-state index contributed by atoms with van der Waals surface area (Å²) in [6, 6.07) is 11.1. The van der Waals surface area contributed by atoms with Crippen molar-refractivity contribution in [2.24, 2.45) is 5.73 Å². The monoisotopic (exact) mass is 506 g/mol. The van der Waals surface area contributed by atoms with E-state index in [1.807, 2.05) is 44.2 Å². The average Bonchev–Trinajstić information content (AvgIpc) is 3.34. The van der Waals surface area contributed by atoms with Gasteiger partial charge >= 0.3 is 5.97 Å². The number of halogens is 1. The minimum Gasteiger partial charge on any atom is -0.489 e. The van der Waals surface area contributed by atoms with Gasteiger partial charge in [-0.2, -0.15) is 0 Å². The number of ether oxygens (including phenoxy) is 3. The SMILES string of the molecule is COCC(C)OC(=O)Cc1cc(C)c(C)cc1OCc1cc(-c2ccnc(CN)c2F)c2occc2c1. The fraction of sp³-hybridized carbons (Fsp3) is 0.310. The Morgan fingerprint density at radius 3 is 2.68 bits per heavy atom. The van der Waals surface area contributed by atoms with Gasteiger partial charge in [-0.3, -0.25) is 9.78 Å². The number of fused-ring (bicyclic) bond motifs is 1. The van der Waals surface area contributed by atoms with Crippen molar-refractivity contribution in [2.45, 2.75) is 46.4 Å². The number of pyridine rings is 1. The van der Waals surface area contributed by atoms with Crippen molar-refractivity contribution in [1.29, 1.82) is 0 Å². The van der Waals surface area contributed by atoms with Crippen LogP contribution in [0.3, 0.4) is 0 Å². The molecule has 0 spiro atoms. The first-order chi connectivity index (χ1) is 17.8. The number of esters is 1. The van der Waals surface area contributed by atoms with Crippen LogP contribution in [0.2, 0.25) is 0 Å². The molecule has 2 aromatic heterocycles. The lowest BCUT2D eigenvalue weighted by molar-refractivity contribution is -0.149. The van der Waals surface area contributed by atoms with E-state index in [9.17, 15) is 4.79 Å². The second-order valence-electron chi connectivity index (χ2n) is 9.07. The predicted molar refractivity (Wildman–Crippen MR) is 139 cm³/mol. The maximum Gasteiger partial charge on any atom is 0.310 e. The molecule has 0 aliphatic rings. The third-order valence-corrected chi connectivity index (χ3v) is 6.20. The molecule has 0 fully saturated rings. The summed E-state index contributed by atoms with van der Waals surface area (Å²) in [6.45, 7) is 6.28. The first-order valence-corrected chi connectivity index (χ1v) is 12.1. The molecule has 194 valence electrons. The highest BCUT2D eigenvalue weighted by molar-refractivity contribution is 5.93. The molecule has 4 aromatic rings. The van der Waals surface area contributed by atoms with E-state index in [2.05, 4.69) is 4.98 Å². The van der Waals surface area contributed by atoms with Crippen LogP contribution in [0.4, 0.5) is 4.39 Å². The van der Waals surface area contributed by atoms with Crippen molar-refractivity contribution < 1.29 is 27.8 Å². The number of carbonyl (C=O) groups excluding carboxylic acids is 1. The Bertz CT molecular complexity index is 1420. The van der Waals surface area contributed by atoms with Crippen LogP contribution in [0.5, 0.6) is 5.75 Å². The van der Waals surface area contributed by atoms with E-state index in [0.29, 0.717) is 29.1 Å². The van der Waals surface area contributed by atoms with Gasteiger partial charge in [0.05, 0.1) is 25.0 Å². The Hall–Kier alpha value is -3.75. The lowest BCUT2D eigenvalue weighted by Gasteiger charge is -2.16. The van der Waals surface area contributed by atoms with Crippen LogP contribution in [-0.4, -0.2) is 30.8 Å². The van der Waals surface area contributed by atoms with Crippen LogP contribution in [0.1, 0.15) is 34.9 Å². The maximum absolute atomic E-state index is 15.1. The minimum atomic E-state index is -0.474. The van der Waals surface area contributed by atoms with Crippen LogP contribution in [0.25, 0.3) is 22.1 Å². The summed E-state index contributed by atoms with van der Waals surface area (Å²) in [6.07, 6.45) is 2.83. The third kappa shape index (κ3) is 5.98. The summed E-state index contributed by atoms with van der Waals surface area (Å²) >= 11 is 0. The minimum absolute atomic E-state index is 0.00793. The number of aryl methyl sites for hydroxylation is 2. The molecule has 2 N–H and O–H groups in total. The summed E-state index contributed by atoms with van der Waals surface area (Å²) < 4.78 is 37.5. The number of methoxy groups -OCH3 is 1. The summed E-state index contributed by atoms with van der Waals surface area (Å²) in [5.74, 6) is -0.240. The quantitative estimate of drug-likeness (QED) is 0.287. The number of hydrogen-bond acceptors (Lipinski definition) is 7. The Morgan fingerprint density at radius 1 is 1.14 bits per heavy atom. The molecule has 1 atom stereocenters. The highest BCUT2D eigenvalue weighted by atomic mass is 19.1. The molecule has 37 heavy (non-hydrogen) atoms. The van der Waals surface area contributed by atoms with E-state index in [0.717, 1.165) is 27.6 Å². The maximum atomic E-state index is 15.1. The lowest BCUT2D eigenvalue weighted by Crippen LogP contribution is -2.21. The van der Waals surface area contributed by atoms with Crippen LogP contribution >= 0.6 is 0 Å². The van der Waals surface area contributed by atoms with Crippen molar-refractivity contribution in [3.8, 4) is 16.9 Å². The summed E-state index contributed by atoms with van der Waals surface area (Å²) in [4.78, 5) is 16.6. The molecule has 0 amide bonds. The largest absolute Gasteiger partial charge is 0.489 e. The number of rotatable bonds is 10. The lowest BCUT2D eigenvalue weighted by atomic mass is 10.00. The smallest absolute Gasteiger partial charge is 0.310 e. The molecule has 0 aliphatic carbocycles. The molecule has 1 unspecified atom stereocenters. The third-order valence-electron chi connectivity index (χ3n) is 6.20. The zero-order valence-corrected chi connectivity index (χ0v) is 21.5. The first kappa shape index (κ1) is 26.3. The number of furan rings is 1. The van der Waals surface area contributed by atoms with Gasteiger partial charge in [0.2, 0.25) is 0 Å². The van der Waals surface area contributed by atoms with Gasteiger partial charge in [0, 0.05) is 41.9 Å². The zero-order chi connectivity index (χ0) is 26.5. The van der Waals surface area contributed by atoms with Crippen molar-refractivity contribution in [3.63, 3.8) is 0 Å². The number of hydrogen-bond donors (Lipinski definition) is 1. The van der Waals surface area contributed by atoms with Gasteiger partial charge in [-0.1, -0.05) is 6.07 Å². The van der Waals surface area contributed by atoms with Crippen LogP contribution in [0, 0.1) is 19.7 Å². The van der Waals surface area contributed by atoms with Crippen molar-refractivity contribution in [2.75, 3.05) is 13.7 Å². The van der Waals surface area contributed by atoms with Gasteiger partial charge < -0.3 is 24.4 Å². The standard InChI is InChI=1S/C29H31FN2O5/c1-17-9-22(13-27(33)37-19(3)15-34-4)26(10-18(17)2)36-16-20-11-21-6-8-35-29(21)24(12-20)23-5-7-32-25(14-31)28(23)30/h5-12,19H,13-16,31H2,1-4H3. The van der Waals surface area contributed by atoms with E-state index >= 15 is 4.39 Å². The Morgan fingerprint density at radius 2 is 1.92 bits per heavy atom. The average molecular weight is 507 g/mol. The molecule has 4 rings (SSSR count). The second-order valence-corrected chi connectivity index (χ2v) is 9.07. The number of aromatic nitrogens is 1. The van der Waals surface area contributed by atoms with Gasteiger partial charge in [0.15, 0.2) is 5.82 Å². The van der Waals surface area contributed by atoms with Gasteiger partial charge in [0.1, 0.15) is 24.0 Å². The predicted octanol–water partition coefficient (Wildman–Crippen LogP) is 5.41. The first-order valence-electron chi connectivity index (χ1n) is 12.1. The fourth-order valence-corrected chi connectivity index (χ4v) is 4.24. The second kappa shape index (κ2) is 11.5. The zero-order valence-electron chi connectivity index (χ0n) is 21.5. The molecular weight excluding hydrogens is 475 g/mol. The number of carbonyl (C=O) groups is 1. The molecule has 0 radical (unpaired) electrons. The number of nitrogens with zero attached hydrogens (tertiary/aromatic N) is 1. The fourth-order valence-electron chi connectivity index (χ4n) is 4.24. The van der Waals surface area contributed by atoms with E-state index in [1.165, 1.54) is 6.20 Å². The van der Waals surface area contributed by atoms with E-state index in [1.54, 1.807) is 26.4 Å². The Labute approximate surface area is 215 Å². The van der Waals surface area contributed by atoms with E-state index in [4.69, 9.17) is 24.4 Å². The molecular formula is C29H31FN2O5. The molecule has 0 bridgehead atoms. The van der Waals surface area contributed by atoms with Crippen LogP contribution < -0.4 is 10.5 Å². The van der Waals surface area contributed by atoms with Gasteiger partial charge in [0.25, 0.3) is 0 Å². The number of nitrogens with two attached hydrogens (primary N) is 1. The molecule has 7 nitrogen and oxygen atoms in total. The van der Waals surface area contributed by atoms with Crippen LogP contribution in [0.15, 0.2) is 53.3 Å². The Kier molecular flexibility index (Phi) is 8.21. The van der Waals surface area contributed by atoms with Crippen molar-refractivity contribution >= 4 is 16.9 Å². The van der Waals surface area contributed by atoms with Gasteiger partial charge in [-0.05, 0) is 67.8 Å². The molecule has 8 heteroatoms. The molecule has 2 aromatic carbocycles.